The summed E-state index contributed by atoms with van der Waals surface area (Å²) in [4.78, 5) is 9.90. The topological polar surface area (TPSA) is 75.2 Å². The summed E-state index contributed by atoms with van der Waals surface area (Å²) in [6.07, 6.45) is -2.63. The first-order chi connectivity index (χ1) is 12.1. The number of aromatic nitrogens is 2. The minimum absolute atomic E-state index is 0.0594. The zero-order chi connectivity index (χ0) is 18.9. The maximum absolute atomic E-state index is 12.8. The highest BCUT2D eigenvalue weighted by molar-refractivity contribution is 7.91. The quantitative estimate of drug-likeness (QED) is 0.871. The molecule has 1 unspecified atom stereocenters. The van der Waals surface area contributed by atoms with Gasteiger partial charge in [0.05, 0.1) is 17.1 Å². The van der Waals surface area contributed by atoms with Crippen LogP contribution in [-0.2, 0) is 16.0 Å². The van der Waals surface area contributed by atoms with E-state index >= 15 is 0 Å². The van der Waals surface area contributed by atoms with Crippen molar-refractivity contribution in [3.8, 4) is 0 Å². The van der Waals surface area contributed by atoms with Crippen LogP contribution in [-0.4, -0.2) is 43.0 Å². The smallest absolute Gasteiger partial charge is 0.355 e. The van der Waals surface area contributed by atoms with Gasteiger partial charge in [-0.2, -0.15) is 13.2 Å². The Balaban J connectivity index is 1.78. The fraction of sp³-hybridized carbons (Fsp3) is 0.375. The van der Waals surface area contributed by atoms with Crippen molar-refractivity contribution in [2.75, 3.05) is 28.8 Å². The highest BCUT2D eigenvalue weighted by Gasteiger charge is 2.32. The van der Waals surface area contributed by atoms with Crippen molar-refractivity contribution in [1.29, 1.82) is 0 Å². The van der Waals surface area contributed by atoms with Crippen LogP contribution >= 0.6 is 0 Å². The van der Waals surface area contributed by atoms with Crippen LogP contribution in [0.5, 0.6) is 0 Å². The predicted octanol–water partition coefficient (Wildman–Crippen LogP) is 2.86. The van der Waals surface area contributed by atoms with Gasteiger partial charge in [0.15, 0.2) is 9.84 Å². The molecule has 6 nitrogen and oxygen atoms in total. The summed E-state index contributed by atoms with van der Waals surface area (Å²) in [6, 6.07) is 6.19. The summed E-state index contributed by atoms with van der Waals surface area (Å²) in [7, 11) is -1.30. The molecule has 0 spiro atoms. The van der Waals surface area contributed by atoms with Crippen molar-refractivity contribution in [2.45, 2.75) is 18.6 Å². The van der Waals surface area contributed by atoms with E-state index in [4.69, 9.17) is 0 Å². The normalized spacial score (nSPS) is 19.3. The molecule has 0 amide bonds. The van der Waals surface area contributed by atoms with Gasteiger partial charge in [0.2, 0.25) is 0 Å². The van der Waals surface area contributed by atoms with Crippen LogP contribution in [0.1, 0.15) is 12.0 Å². The zero-order valence-corrected chi connectivity index (χ0v) is 14.7. The van der Waals surface area contributed by atoms with Crippen LogP contribution in [0.2, 0.25) is 0 Å². The minimum Gasteiger partial charge on any atom is -0.355 e. The molecule has 0 bridgehead atoms. The van der Waals surface area contributed by atoms with Gasteiger partial charge in [-0.3, -0.25) is 0 Å². The summed E-state index contributed by atoms with van der Waals surface area (Å²) in [5.41, 5.74) is -0.513. The van der Waals surface area contributed by atoms with Crippen LogP contribution < -0.4 is 10.2 Å². The Labute approximate surface area is 149 Å². The Bertz CT molecular complexity index is 902. The maximum Gasteiger partial charge on any atom is 0.416 e. The Morgan fingerprint density at radius 2 is 2.00 bits per heavy atom. The third-order valence-corrected chi connectivity index (χ3v) is 5.98. The number of nitrogens with one attached hydrogen (secondary N) is 1. The molecular weight excluding hydrogens is 369 g/mol. The second kappa shape index (κ2) is 6.75. The molecule has 140 valence electrons. The van der Waals surface area contributed by atoms with Crippen LogP contribution in [0.25, 0.3) is 0 Å². The molecule has 0 radical (unpaired) electrons. The largest absolute Gasteiger partial charge is 0.416 e. The molecule has 0 aliphatic carbocycles. The Morgan fingerprint density at radius 3 is 2.65 bits per heavy atom. The molecule has 1 N–H and O–H groups in total. The Morgan fingerprint density at radius 1 is 1.23 bits per heavy atom. The minimum atomic E-state index is -4.43. The predicted molar refractivity (Wildman–Crippen MR) is 92.2 cm³/mol. The number of hydrogen-bond donors (Lipinski definition) is 1. The lowest BCUT2D eigenvalue weighted by atomic mass is 10.2. The number of halogens is 3. The van der Waals surface area contributed by atoms with Gasteiger partial charge >= 0.3 is 6.18 Å². The van der Waals surface area contributed by atoms with Gasteiger partial charge in [0, 0.05) is 24.8 Å². The Kier molecular flexibility index (Phi) is 4.78. The number of sulfone groups is 1. The molecule has 1 aliphatic heterocycles. The molecule has 1 aliphatic rings. The molecule has 2 heterocycles. The van der Waals surface area contributed by atoms with Crippen molar-refractivity contribution in [2.24, 2.45) is 0 Å². The lowest BCUT2D eigenvalue weighted by Crippen LogP contribution is -2.33. The van der Waals surface area contributed by atoms with Crippen molar-refractivity contribution in [3.63, 3.8) is 0 Å². The standard InChI is InChI=1S/C16H17F3N4O2S/c1-23(13-5-6-26(24,25)9-13)15-8-14(20-10-21-15)22-12-4-2-3-11(7-12)16(17,18)19/h2-4,7-8,10,13H,5-6,9H2,1H3,(H,20,21,22). The van der Waals surface area contributed by atoms with Crippen LogP contribution in [0.15, 0.2) is 36.7 Å². The lowest BCUT2D eigenvalue weighted by molar-refractivity contribution is -0.137. The molecule has 26 heavy (non-hydrogen) atoms. The summed E-state index contributed by atoms with van der Waals surface area (Å²) < 4.78 is 61.7. The summed E-state index contributed by atoms with van der Waals surface area (Å²) in [6.45, 7) is 0. The molecule has 1 fully saturated rings. The number of alkyl halides is 3. The van der Waals surface area contributed by atoms with E-state index in [0.29, 0.717) is 18.1 Å². The summed E-state index contributed by atoms with van der Waals surface area (Å²) in [5.74, 6) is 1.02. The van der Waals surface area contributed by atoms with Crippen LogP contribution in [0.4, 0.5) is 30.5 Å². The van der Waals surface area contributed by atoms with E-state index in [1.807, 2.05) is 0 Å². The number of nitrogens with zero attached hydrogens (tertiary/aromatic N) is 3. The number of anilines is 3. The summed E-state index contributed by atoms with van der Waals surface area (Å²) in [5, 5.41) is 2.82. The number of benzene rings is 1. The summed E-state index contributed by atoms with van der Waals surface area (Å²) >= 11 is 0. The zero-order valence-electron chi connectivity index (χ0n) is 13.9. The van der Waals surface area contributed by atoms with E-state index in [2.05, 4.69) is 15.3 Å². The lowest BCUT2D eigenvalue weighted by Gasteiger charge is -2.24. The molecule has 2 aromatic rings. The Hall–Kier alpha value is -2.36. The molecule has 10 heteroatoms. The van der Waals surface area contributed by atoms with Gasteiger partial charge < -0.3 is 10.2 Å². The van der Waals surface area contributed by atoms with Crippen molar-refractivity contribution < 1.29 is 21.6 Å². The second-order valence-corrected chi connectivity index (χ2v) is 8.36. The molecule has 1 saturated heterocycles. The SMILES string of the molecule is CN(c1cc(Nc2cccc(C(F)(F)F)c2)ncn1)C1CCS(=O)(=O)C1. The van der Waals surface area contributed by atoms with E-state index in [1.54, 1.807) is 18.0 Å². The number of hydrogen-bond acceptors (Lipinski definition) is 6. The molecule has 1 aromatic heterocycles. The van der Waals surface area contributed by atoms with Crippen molar-refractivity contribution in [3.05, 3.63) is 42.2 Å². The average Bonchev–Trinajstić information content (AvgIpc) is 2.94. The van der Waals surface area contributed by atoms with Gasteiger partial charge in [-0.15, -0.1) is 0 Å². The van der Waals surface area contributed by atoms with E-state index in [0.717, 1.165) is 12.1 Å². The maximum atomic E-state index is 12.8. The van der Waals surface area contributed by atoms with Gasteiger partial charge in [-0.1, -0.05) is 6.07 Å². The molecule has 0 saturated carbocycles. The highest BCUT2D eigenvalue weighted by atomic mass is 32.2. The van der Waals surface area contributed by atoms with Gasteiger partial charge in [0.1, 0.15) is 18.0 Å². The monoisotopic (exact) mass is 386 g/mol. The first-order valence-electron chi connectivity index (χ1n) is 7.84. The molecule has 1 aromatic carbocycles. The van der Waals surface area contributed by atoms with E-state index < -0.39 is 21.6 Å². The van der Waals surface area contributed by atoms with Crippen LogP contribution in [0.3, 0.4) is 0 Å². The first-order valence-corrected chi connectivity index (χ1v) is 9.66. The molecule has 3 rings (SSSR count). The molecular formula is C16H17F3N4O2S. The van der Waals surface area contributed by atoms with Gasteiger partial charge in [-0.05, 0) is 24.6 Å². The third-order valence-electron chi connectivity index (χ3n) is 4.23. The number of rotatable bonds is 4. The van der Waals surface area contributed by atoms with E-state index in [1.165, 1.54) is 18.5 Å². The fourth-order valence-corrected chi connectivity index (χ4v) is 4.57. The van der Waals surface area contributed by atoms with Crippen LogP contribution in [0, 0.1) is 0 Å². The van der Waals surface area contributed by atoms with Crippen molar-refractivity contribution >= 4 is 27.2 Å². The third kappa shape index (κ3) is 4.24. The first kappa shape index (κ1) is 18.4. The second-order valence-electron chi connectivity index (χ2n) is 6.13. The van der Waals surface area contributed by atoms with Gasteiger partial charge in [-0.25, -0.2) is 18.4 Å². The highest BCUT2D eigenvalue weighted by Crippen LogP contribution is 2.31. The van der Waals surface area contributed by atoms with Crippen molar-refractivity contribution in [1.82, 2.24) is 9.97 Å². The fourth-order valence-electron chi connectivity index (χ4n) is 2.80. The van der Waals surface area contributed by atoms with E-state index in [-0.39, 0.29) is 23.2 Å². The van der Waals surface area contributed by atoms with Gasteiger partial charge in [0.25, 0.3) is 0 Å². The van der Waals surface area contributed by atoms with E-state index in [9.17, 15) is 21.6 Å². The molecule has 1 atom stereocenters. The average molecular weight is 386 g/mol.